The highest BCUT2D eigenvalue weighted by molar-refractivity contribution is 14.1. The van der Waals surface area contributed by atoms with Crippen molar-refractivity contribution in [2.75, 3.05) is 0 Å². The molecule has 1 heterocycles. The molecule has 156 valence electrons. The number of ether oxygens (including phenoxy) is 1. The van der Waals surface area contributed by atoms with E-state index in [1.807, 2.05) is 13.0 Å². The first-order valence-corrected chi connectivity index (χ1v) is 11.6. The van der Waals surface area contributed by atoms with Crippen LogP contribution in [0.4, 0.5) is 4.39 Å². The lowest BCUT2D eigenvalue weighted by molar-refractivity contribution is -0.137. The zero-order valence-electron chi connectivity index (χ0n) is 16.4. The van der Waals surface area contributed by atoms with Crippen LogP contribution >= 0.6 is 22.6 Å². The fourth-order valence-electron chi connectivity index (χ4n) is 4.51. The monoisotopic (exact) mass is 496 g/mol. The Bertz CT molecular complexity index is 501. The lowest BCUT2D eigenvalue weighted by Crippen LogP contribution is -2.23. The van der Waals surface area contributed by atoms with E-state index in [2.05, 4.69) is 29.5 Å². The fourth-order valence-corrected chi connectivity index (χ4v) is 5.42. The van der Waals surface area contributed by atoms with Crippen molar-refractivity contribution in [1.82, 2.24) is 0 Å². The molecular weight excluding hydrogens is 462 g/mol. The van der Waals surface area contributed by atoms with E-state index in [-0.39, 0.29) is 18.6 Å². The van der Waals surface area contributed by atoms with Gasteiger partial charge in [-0.1, -0.05) is 61.4 Å². The third-order valence-electron chi connectivity index (χ3n) is 6.10. The topological polar surface area (TPSA) is 66.8 Å². The molecule has 0 spiro atoms. The SMILES string of the molecule is CCCC[C@@H](F)[C@H](O)/C=C/[C@H]1[C@H]2C[C@H]([C@H](I)CCCC(=O)O)O[C@H]2C[C@H]1C. The third kappa shape index (κ3) is 6.67. The normalized spacial score (nSPS) is 33.9. The number of rotatable bonds is 11. The number of fused-ring (bicyclic) bond motifs is 1. The summed E-state index contributed by atoms with van der Waals surface area (Å²) < 4.78 is 20.6. The maximum atomic E-state index is 14.0. The van der Waals surface area contributed by atoms with E-state index in [0.29, 0.717) is 34.5 Å². The zero-order valence-corrected chi connectivity index (χ0v) is 18.6. The molecule has 0 aromatic carbocycles. The molecule has 0 aromatic heterocycles. The molecule has 2 N–H and O–H groups in total. The number of alkyl halides is 2. The summed E-state index contributed by atoms with van der Waals surface area (Å²) in [6, 6.07) is 0. The number of carboxylic acids is 1. The number of carbonyl (C=O) groups is 1. The molecule has 2 rings (SSSR count). The van der Waals surface area contributed by atoms with Gasteiger partial charge in [0.1, 0.15) is 12.3 Å². The van der Waals surface area contributed by atoms with E-state index in [1.165, 1.54) is 0 Å². The number of aliphatic hydroxyl groups excluding tert-OH is 1. The van der Waals surface area contributed by atoms with Crippen LogP contribution in [0.1, 0.15) is 65.2 Å². The van der Waals surface area contributed by atoms with Crippen molar-refractivity contribution in [3.63, 3.8) is 0 Å². The number of hydrogen-bond donors (Lipinski definition) is 2. The van der Waals surface area contributed by atoms with Crippen molar-refractivity contribution in [3.8, 4) is 0 Å². The maximum Gasteiger partial charge on any atom is 0.303 e. The first kappa shape index (κ1) is 23.1. The third-order valence-corrected chi connectivity index (χ3v) is 7.52. The highest BCUT2D eigenvalue weighted by Crippen LogP contribution is 2.48. The largest absolute Gasteiger partial charge is 0.481 e. The zero-order chi connectivity index (χ0) is 20.0. The molecule has 0 amide bonds. The number of aliphatic carboxylic acids is 1. The van der Waals surface area contributed by atoms with Crippen LogP contribution in [0.25, 0.3) is 0 Å². The summed E-state index contributed by atoms with van der Waals surface area (Å²) in [5.41, 5.74) is 0. The predicted molar refractivity (Wildman–Crippen MR) is 113 cm³/mol. The molecule has 0 unspecified atom stereocenters. The molecule has 1 saturated carbocycles. The molecule has 0 radical (unpaired) electrons. The lowest BCUT2D eigenvalue weighted by Gasteiger charge is -2.21. The second-order valence-electron chi connectivity index (χ2n) is 8.24. The van der Waals surface area contributed by atoms with Crippen LogP contribution in [-0.2, 0) is 9.53 Å². The van der Waals surface area contributed by atoms with Gasteiger partial charge in [-0.05, 0) is 49.9 Å². The number of halogens is 2. The van der Waals surface area contributed by atoms with Gasteiger partial charge in [-0.15, -0.1) is 0 Å². The van der Waals surface area contributed by atoms with Crippen molar-refractivity contribution in [1.29, 1.82) is 0 Å². The number of hydrogen-bond acceptors (Lipinski definition) is 3. The molecule has 2 aliphatic rings. The van der Waals surface area contributed by atoms with Crippen LogP contribution in [0.15, 0.2) is 12.2 Å². The average Bonchev–Trinajstić information content (AvgIpc) is 3.14. The van der Waals surface area contributed by atoms with Crippen LogP contribution in [0, 0.1) is 17.8 Å². The molecule has 0 aromatic rings. The average molecular weight is 496 g/mol. The summed E-state index contributed by atoms with van der Waals surface area (Å²) >= 11 is 2.39. The number of aliphatic hydroxyl groups is 1. The van der Waals surface area contributed by atoms with Gasteiger partial charge in [0.15, 0.2) is 0 Å². The minimum absolute atomic E-state index is 0.168. The predicted octanol–water partition coefficient (Wildman–Crippen LogP) is 4.92. The van der Waals surface area contributed by atoms with E-state index in [0.717, 1.165) is 32.1 Å². The molecule has 6 heteroatoms. The fraction of sp³-hybridized carbons (Fsp3) is 0.857. The molecule has 0 bridgehead atoms. The Balaban J connectivity index is 1.86. The Morgan fingerprint density at radius 1 is 1.33 bits per heavy atom. The van der Waals surface area contributed by atoms with Gasteiger partial charge in [-0.2, -0.15) is 0 Å². The maximum absolute atomic E-state index is 14.0. The van der Waals surface area contributed by atoms with Gasteiger partial charge >= 0.3 is 5.97 Å². The van der Waals surface area contributed by atoms with Crippen molar-refractivity contribution in [3.05, 3.63) is 12.2 Å². The summed E-state index contributed by atoms with van der Waals surface area (Å²) in [6.07, 6.45) is 7.73. The molecular formula is C21H34FIO4. The second kappa shape index (κ2) is 11.1. The molecule has 1 aliphatic heterocycles. The van der Waals surface area contributed by atoms with Crippen molar-refractivity contribution in [2.24, 2.45) is 17.8 Å². The van der Waals surface area contributed by atoms with Crippen molar-refractivity contribution < 1.29 is 24.1 Å². The molecule has 2 fully saturated rings. The van der Waals surface area contributed by atoms with Gasteiger partial charge in [0.25, 0.3) is 0 Å². The highest BCUT2D eigenvalue weighted by Gasteiger charge is 2.48. The van der Waals surface area contributed by atoms with Gasteiger partial charge in [0.2, 0.25) is 0 Å². The summed E-state index contributed by atoms with van der Waals surface area (Å²) in [6.45, 7) is 4.23. The molecule has 1 saturated heterocycles. The number of allylic oxidation sites excluding steroid dienone is 1. The first-order valence-electron chi connectivity index (χ1n) is 10.3. The Kier molecular flexibility index (Phi) is 9.48. The van der Waals surface area contributed by atoms with E-state index in [1.54, 1.807) is 6.08 Å². The Hall–Kier alpha value is -0.210. The standard InChI is InChI=1S/C21H34FIO4/c1-3-4-6-16(22)18(24)10-9-14-13(2)11-19-15(14)12-20(27-19)17(23)7-5-8-21(25)26/h9-10,13-20,24H,3-8,11-12H2,1-2H3,(H,25,26)/b10-9+/t13-,14-,15-,16-,17-,18-,19+,20-/m1/s1. The summed E-state index contributed by atoms with van der Waals surface area (Å²) in [5, 5.41) is 18.9. The smallest absolute Gasteiger partial charge is 0.303 e. The van der Waals surface area contributed by atoms with Gasteiger partial charge in [-0.25, -0.2) is 4.39 Å². The van der Waals surface area contributed by atoms with Crippen molar-refractivity contribution in [2.45, 2.75) is 93.6 Å². The van der Waals surface area contributed by atoms with E-state index in [4.69, 9.17) is 9.84 Å². The molecule has 27 heavy (non-hydrogen) atoms. The first-order chi connectivity index (χ1) is 12.8. The van der Waals surface area contributed by atoms with E-state index < -0.39 is 18.2 Å². The van der Waals surface area contributed by atoms with E-state index in [9.17, 15) is 14.3 Å². The number of unbranched alkanes of at least 4 members (excludes halogenated alkanes) is 1. The van der Waals surface area contributed by atoms with Crippen LogP contribution in [-0.4, -0.2) is 44.6 Å². The van der Waals surface area contributed by atoms with Crippen LogP contribution in [0.5, 0.6) is 0 Å². The van der Waals surface area contributed by atoms with E-state index >= 15 is 0 Å². The van der Waals surface area contributed by atoms with Crippen LogP contribution in [0.2, 0.25) is 0 Å². The molecule has 4 nitrogen and oxygen atoms in total. The Morgan fingerprint density at radius 3 is 2.74 bits per heavy atom. The Labute approximate surface area is 176 Å². The van der Waals surface area contributed by atoms with Gasteiger partial charge in [0, 0.05) is 10.3 Å². The van der Waals surface area contributed by atoms with Gasteiger partial charge < -0.3 is 14.9 Å². The second-order valence-corrected chi connectivity index (χ2v) is 9.84. The van der Waals surface area contributed by atoms with Gasteiger partial charge in [-0.3, -0.25) is 4.79 Å². The molecule has 8 atom stereocenters. The summed E-state index contributed by atoms with van der Waals surface area (Å²) in [5.74, 6) is 0.456. The summed E-state index contributed by atoms with van der Waals surface area (Å²) in [4.78, 5) is 10.7. The Morgan fingerprint density at radius 2 is 2.07 bits per heavy atom. The highest BCUT2D eigenvalue weighted by atomic mass is 127. The van der Waals surface area contributed by atoms with Crippen LogP contribution in [0.3, 0.4) is 0 Å². The molecule has 1 aliphatic carbocycles. The minimum Gasteiger partial charge on any atom is -0.481 e. The minimum atomic E-state index is -1.19. The van der Waals surface area contributed by atoms with Crippen LogP contribution < -0.4 is 0 Å². The summed E-state index contributed by atoms with van der Waals surface area (Å²) in [7, 11) is 0. The quantitative estimate of drug-likeness (QED) is 0.242. The lowest BCUT2D eigenvalue weighted by atomic mass is 9.86. The number of carboxylic acid groups (broad SMARTS) is 1. The van der Waals surface area contributed by atoms with Gasteiger partial charge in [0.05, 0.1) is 12.2 Å². The van der Waals surface area contributed by atoms with Crippen molar-refractivity contribution >= 4 is 28.6 Å².